The number of hydrogen-bond donors (Lipinski definition) is 1. The number of nitrogens with one attached hydrogen (secondary N) is 1. The molecule has 0 aliphatic rings. The molecule has 1 aromatic heterocycles. The van der Waals surface area contributed by atoms with Crippen molar-refractivity contribution < 1.29 is 4.74 Å². The van der Waals surface area contributed by atoms with Crippen LogP contribution in [-0.2, 0) is 17.8 Å². The standard InChI is InChI=1S/C15H21N3O/c1-12-4-5-15(13(2)8-12)16-9-14-10-17-18(11-14)6-7-19-3/h4-5,8,10-11,16H,6-7,9H2,1-3H3. The maximum absolute atomic E-state index is 5.03. The van der Waals surface area contributed by atoms with E-state index in [1.54, 1.807) is 7.11 Å². The van der Waals surface area contributed by atoms with Crippen LogP contribution in [0.15, 0.2) is 30.6 Å². The minimum atomic E-state index is 0.686. The molecule has 1 N–H and O–H groups in total. The highest BCUT2D eigenvalue weighted by Crippen LogP contribution is 2.16. The van der Waals surface area contributed by atoms with Crippen LogP contribution in [-0.4, -0.2) is 23.5 Å². The Morgan fingerprint density at radius 3 is 2.89 bits per heavy atom. The quantitative estimate of drug-likeness (QED) is 0.867. The second kappa shape index (κ2) is 6.38. The van der Waals surface area contributed by atoms with E-state index in [1.807, 2.05) is 10.9 Å². The molecule has 0 aliphatic heterocycles. The Balaban J connectivity index is 1.92. The molecule has 2 rings (SSSR count). The van der Waals surface area contributed by atoms with Gasteiger partial charge in [0.2, 0.25) is 0 Å². The van der Waals surface area contributed by atoms with E-state index in [1.165, 1.54) is 22.4 Å². The van der Waals surface area contributed by atoms with E-state index in [0.717, 1.165) is 13.1 Å². The maximum Gasteiger partial charge on any atom is 0.0658 e. The molecule has 0 bridgehead atoms. The molecule has 0 saturated heterocycles. The Hall–Kier alpha value is -1.81. The third-order valence-electron chi connectivity index (χ3n) is 3.08. The zero-order chi connectivity index (χ0) is 13.7. The second-order valence-electron chi connectivity index (χ2n) is 4.78. The van der Waals surface area contributed by atoms with E-state index in [0.29, 0.717) is 6.61 Å². The van der Waals surface area contributed by atoms with E-state index in [-0.39, 0.29) is 0 Å². The number of benzene rings is 1. The van der Waals surface area contributed by atoms with Crippen molar-refractivity contribution in [2.75, 3.05) is 19.0 Å². The van der Waals surface area contributed by atoms with Crippen molar-refractivity contribution in [3.05, 3.63) is 47.3 Å². The first-order chi connectivity index (χ1) is 9.19. The third-order valence-corrected chi connectivity index (χ3v) is 3.08. The Labute approximate surface area is 114 Å². The number of hydrogen-bond acceptors (Lipinski definition) is 3. The highest BCUT2D eigenvalue weighted by molar-refractivity contribution is 5.52. The molecule has 0 radical (unpaired) electrons. The van der Waals surface area contributed by atoms with Crippen molar-refractivity contribution in [3.63, 3.8) is 0 Å². The highest BCUT2D eigenvalue weighted by Gasteiger charge is 2.01. The van der Waals surface area contributed by atoms with Crippen LogP contribution in [0.4, 0.5) is 5.69 Å². The van der Waals surface area contributed by atoms with Crippen molar-refractivity contribution in [1.29, 1.82) is 0 Å². The fourth-order valence-corrected chi connectivity index (χ4v) is 2.01. The number of aryl methyl sites for hydroxylation is 2. The van der Waals surface area contributed by atoms with Crippen LogP contribution in [0.3, 0.4) is 0 Å². The van der Waals surface area contributed by atoms with Crippen molar-refractivity contribution in [3.8, 4) is 0 Å². The largest absolute Gasteiger partial charge is 0.383 e. The lowest BCUT2D eigenvalue weighted by atomic mass is 10.1. The summed E-state index contributed by atoms with van der Waals surface area (Å²) in [7, 11) is 1.70. The average Bonchev–Trinajstić information content (AvgIpc) is 2.83. The van der Waals surface area contributed by atoms with Gasteiger partial charge in [-0.1, -0.05) is 17.7 Å². The van der Waals surface area contributed by atoms with Gasteiger partial charge < -0.3 is 10.1 Å². The lowest BCUT2D eigenvalue weighted by molar-refractivity contribution is 0.183. The Kier molecular flexibility index (Phi) is 4.58. The van der Waals surface area contributed by atoms with Gasteiger partial charge in [-0.3, -0.25) is 4.68 Å². The van der Waals surface area contributed by atoms with Crippen molar-refractivity contribution >= 4 is 5.69 Å². The molecule has 2 aromatic rings. The summed E-state index contributed by atoms with van der Waals surface area (Å²) >= 11 is 0. The Morgan fingerprint density at radius 2 is 2.16 bits per heavy atom. The number of methoxy groups -OCH3 is 1. The van der Waals surface area contributed by atoms with Crippen LogP contribution < -0.4 is 5.32 Å². The van der Waals surface area contributed by atoms with E-state index in [9.17, 15) is 0 Å². The van der Waals surface area contributed by atoms with Gasteiger partial charge in [0.1, 0.15) is 0 Å². The summed E-state index contributed by atoms with van der Waals surface area (Å²) in [6, 6.07) is 6.43. The summed E-state index contributed by atoms with van der Waals surface area (Å²) < 4.78 is 6.94. The van der Waals surface area contributed by atoms with Crippen molar-refractivity contribution in [1.82, 2.24) is 9.78 Å². The number of rotatable bonds is 6. The average molecular weight is 259 g/mol. The van der Waals surface area contributed by atoms with E-state index < -0.39 is 0 Å². The van der Waals surface area contributed by atoms with Gasteiger partial charge in [0.15, 0.2) is 0 Å². The SMILES string of the molecule is COCCn1cc(CNc2ccc(C)cc2C)cn1. The van der Waals surface area contributed by atoms with Crippen LogP contribution in [0.2, 0.25) is 0 Å². The zero-order valence-electron chi connectivity index (χ0n) is 11.8. The predicted molar refractivity (Wildman–Crippen MR) is 77.3 cm³/mol. The summed E-state index contributed by atoms with van der Waals surface area (Å²) in [6.45, 7) is 6.50. The van der Waals surface area contributed by atoms with Gasteiger partial charge in [-0.15, -0.1) is 0 Å². The van der Waals surface area contributed by atoms with Crippen LogP contribution in [0, 0.1) is 13.8 Å². The molecular formula is C15H21N3O. The lowest BCUT2D eigenvalue weighted by Gasteiger charge is -2.09. The summed E-state index contributed by atoms with van der Waals surface area (Å²) in [5.41, 5.74) is 4.91. The molecule has 0 amide bonds. The van der Waals surface area contributed by atoms with E-state index >= 15 is 0 Å². The molecular weight excluding hydrogens is 238 g/mol. The Morgan fingerprint density at radius 1 is 1.32 bits per heavy atom. The van der Waals surface area contributed by atoms with E-state index in [2.05, 4.69) is 48.7 Å². The van der Waals surface area contributed by atoms with Crippen molar-refractivity contribution in [2.45, 2.75) is 26.9 Å². The second-order valence-corrected chi connectivity index (χ2v) is 4.78. The molecule has 0 unspecified atom stereocenters. The number of nitrogens with zero attached hydrogens (tertiary/aromatic N) is 2. The summed E-state index contributed by atoms with van der Waals surface area (Å²) in [5.74, 6) is 0. The first-order valence-electron chi connectivity index (χ1n) is 6.50. The van der Waals surface area contributed by atoms with E-state index in [4.69, 9.17) is 4.74 Å². The molecule has 0 fully saturated rings. The van der Waals surface area contributed by atoms with Gasteiger partial charge >= 0.3 is 0 Å². The smallest absolute Gasteiger partial charge is 0.0658 e. The molecule has 4 nitrogen and oxygen atoms in total. The van der Waals surface area contributed by atoms with Gasteiger partial charge in [0, 0.05) is 31.1 Å². The molecule has 0 saturated carbocycles. The zero-order valence-corrected chi connectivity index (χ0v) is 11.8. The number of ether oxygens (including phenoxy) is 1. The fourth-order valence-electron chi connectivity index (χ4n) is 2.01. The predicted octanol–water partition coefficient (Wildman–Crippen LogP) is 2.76. The third kappa shape index (κ3) is 3.83. The van der Waals surface area contributed by atoms with Gasteiger partial charge in [0.25, 0.3) is 0 Å². The summed E-state index contributed by atoms with van der Waals surface area (Å²) in [5, 5.41) is 7.74. The molecule has 1 heterocycles. The summed E-state index contributed by atoms with van der Waals surface area (Å²) in [4.78, 5) is 0. The Bertz CT molecular complexity index is 534. The van der Waals surface area contributed by atoms with Gasteiger partial charge in [-0.25, -0.2) is 0 Å². The topological polar surface area (TPSA) is 39.1 Å². The maximum atomic E-state index is 5.03. The van der Waals surface area contributed by atoms with Gasteiger partial charge in [-0.2, -0.15) is 5.10 Å². The molecule has 4 heteroatoms. The minimum absolute atomic E-state index is 0.686. The number of anilines is 1. The van der Waals surface area contributed by atoms with Crippen LogP contribution in [0.5, 0.6) is 0 Å². The normalized spacial score (nSPS) is 10.7. The molecule has 19 heavy (non-hydrogen) atoms. The summed E-state index contributed by atoms with van der Waals surface area (Å²) in [6.07, 6.45) is 3.95. The molecule has 0 atom stereocenters. The highest BCUT2D eigenvalue weighted by atomic mass is 16.5. The van der Waals surface area contributed by atoms with Gasteiger partial charge in [0.05, 0.1) is 19.3 Å². The van der Waals surface area contributed by atoms with Gasteiger partial charge in [-0.05, 0) is 25.5 Å². The molecule has 0 spiro atoms. The lowest BCUT2D eigenvalue weighted by Crippen LogP contribution is -2.04. The van der Waals surface area contributed by atoms with Crippen LogP contribution in [0.1, 0.15) is 16.7 Å². The fraction of sp³-hybridized carbons (Fsp3) is 0.400. The van der Waals surface area contributed by atoms with Crippen LogP contribution >= 0.6 is 0 Å². The molecule has 102 valence electrons. The monoisotopic (exact) mass is 259 g/mol. The first-order valence-corrected chi connectivity index (χ1v) is 6.50. The first kappa shape index (κ1) is 13.6. The van der Waals surface area contributed by atoms with Crippen LogP contribution in [0.25, 0.3) is 0 Å². The minimum Gasteiger partial charge on any atom is -0.383 e. The molecule has 0 aliphatic carbocycles. The molecule has 1 aromatic carbocycles. The number of aromatic nitrogens is 2. The van der Waals surface area contributed by atoms with Crippen molar-refractivity contribution in [2.24, 2.45) is 0 Å².